The predicted molar refractivity (Wildman–Crippen MR) is 103 cm³/mol. The lowest BCUT2D eigenvalue weighted by atomic mass is 9.99. The second kappa shape index (κ2) is 9.14. The van der Waals surface area contributed by atoms with Gasteiger partial charge >= 0.3 is 5.97 Å². The molecule has 27 heavy (non-hydrogen) atoms. The molecular weight excluding hydrogens is 366 g/mol. The monoisotopic (exact) mass is 391 g/mol. The third kappa shape index (κ3) is 4.95. The van der Waals surface area contributed by atoms with E-state index in [9.17, 15) is 4.79 Å². The van der Waals surface area contributed by atoms with Gasteiger partial charge in [-0.15, -0.1) is 5.10 Å². The lowest BCUT2D eigenvalue weighted by Crippen LogP contribution is -2.40. The van der Waals surface area contributed by atoms with Crippen LogP contribution in [0.1, 0.15) is 26.7 Å². The molecule has 0 aliphatic carbocycles. The second-order valence-corrected chi connectivity index (χ2v) is 6.79. The molecule has 7 nitrogen and oxygen atoms in total. The minimum Gasteiger partial charge on any atom is -0.494 e. The van der Waals surface area contributed by atoms with Crippen molar-refractivity contribution in [1.82, 2.24) is 14.7 Å². The first-order chi connectivity index (χ1) is 13.1. The number of nitrogens with zero attached hydrogens (tertiary/aromatic N) is 3. The summed E-state index contributed by atoms with van der Waals surface area (Å²) in [7, 11) is 0. The molecule has 0 unspecified atom stereocenters. The first-order valence-corrected chi connectivity index (χ1v) is 9.71. The number of esters is 1. The molecule has 146 valence electrons. The third-order valence-electron chi connectivity index (χ3n) is 4.48. The van der Waals surface area contributed by atoms with Crippen molar-refractivity contribution in [3.63, 3.8) is 0 Å². The van der Waals surface area contributed by atoms with Crippen LogP contribution in [0.15, 0.2) is 28.7 Å². The Morgan fingerprint density at radius 1 is 1.30 bits per heavy atom. The molecule has 3 rings (SSSR count). The number of carbonyl (C=O) groups is 1. The highest BCUT2D eigenvalue weighted by Gasteiger charge is 2.27. The fourth-order valence-electron chi connectivity index (χ4n) is 3.20. The lowest BCUT2D eigenvalue weighted by Gasteiger charge is -2.30. The number of benzene rings is 1. The minimum absolute atomic E-state index is 0.0923. The summed E-state index contributed by atoms with van der Waals surface area (Å²) in [6.07, 6.45) is 1.80. The molecule has 1 aromatic carbocycles. The zero-order valence-corrected chi connectivity index (χ0v) is 16.5. The average molecular weight is 391 g/mol. The van der Waals surface area contributed by atoms with E-state index in [1.165, 1.54) is 0 Å². The fraction of sp³-hybridized carbons (Fsp3) is 0.526. The van der Waals surface area contributed by atoms with Gasteiger partial charge in [-0.2, -0.15) is 0 Å². The van der Waals surface area contributed by atoms with E-state index in [1.807, 2.05) is 38.1 Å². The van der Waals surface area contributed by atoms with Crippen molar-refractivity contribution in [3.05, 3.63) is 29.1 Å². The van der Waals surface area contributed by atoms with Gasteiger partial charge in [0, 0.05) is 12.1 Å². The summed E-state index contributed by atoms with van der Waals surface area (Å²) in [5.41, 5.74) is 0.839. The maximum atomic E-state index is 12.0. The predicted octanol–water partition coefficient (Wildman–Crippen LogP) is 3.50. The smallest absolute Gasteiger partial charge is 0.310 e. The van der Waals surface area contributed by atoms with E-state index in [0.717, 1.165) is 30.7 Å². The lowest BCUT2D eigenvalue weighted by molar-refractivity contribution is -0.150. The van der Waals surface area contributed by atoms with Crippen molar-refractivity contribution >= 4 is 18.2 Å². The van der Waals surface area contributed by atoms with Gasteiger partial charge in [0.2, 0.25) is 5.89 Å². The number of rotatable bonds is 7. The second-order valence-electron chi connectivity index (χ2n) is 6.44. The van der Waals surface area contributed by atoms with E-state index < -0.39 is 0 Å². The molecule has 1 aliphatic heterocycles. The van der Waals surface area contributed by atoms with Crippen LogP contribution in [0.25, 0.3) is 11.5 Å². The molecule has 1 saturated heterocycles. The van der Waals surface area contributed by atoms with Gasteiger partial charge < -0.3 is 13.9 Å². The minimum atomic E-state index is -0.124. The van der Waals surface area contributed by atoms with Crippen molar-refractivity contribution in [2.24, 2.45) is 5.92 Å². The topological polar surface area (TPSA) is 69.7 Å². The standard InChI is InChI=1S/C19H25N3O4S/c1-3-24-16-9-7-14(8-10-16)17-20-22(19(27)26-17)13-21-11-5-6-15(12-21)18(23)25-4-2/h7-10,15H,3-6,11-13H2,1-2H3/t15-/m0/s1. The summed E-state index contributed by atoms with van der Waals surface area (Å²) < 4.78 is 17.9. The van der Waals surface area contributed by atoms with Gasteiger partial charge in [-0.1, -0.05) is 0 Å². The van der Waals surface area contributed by atoms with Crippen LogP contribution in [0, 0.1) is 10.8 Å². The molecule has 0 amide bonds. The van der Waals surface area contributed by atoms with Gasteiger partial charge in [0.1, 0.15) is 5.75 Å². The zero-order chi connectivity index (χ0) is 19.2. The highest BCUT2D eigenvalue weighted by molar-refractivity contribution is 7.71. The Labute approximate surface area is 163 Å². The zero-order valence-electron chi connectivity index (χ0n) is 15.7. The Bertz CT molecular complexity index is 815. The number of aromatic nitrogens is 2. The van der Waals surface area contributed by atoms with Gasteiger partial charge in [0.05, 0.1) is 25.8 Å². The van der Waals surface area contributed by atoms with Crippen LogP contribution in [0.4, 0.5) is 0 Å². The fourth-order valence-corrected chi connectivity index (χ4v) is 3.38. The Morgan fingerprint density at radius 2 is 2.07 bits per heavy atom. The normalized spacial score (nSPS) is 17.6. The van der Waals surface area contributed by atoms with Gasteiger partial charge in [0.25, 0.3) is 4.84 Å². The highest BCUT2D eigenvalue weighted by Crippen LogP contribution is 2.23. The molecule has 8 heteroatoms. The van der Waals surface area contributed by atoms with E-state index in [0.29, 0.717) is 37.2 Å². The van der Waals surface area contributed by atoms with E-state index in [2.05, 4.69) is 10.00 Å². The molecular formula is C19H25N3O4S. The highest BCUT2D eigenvalue weighted by atomic mass is 32.1. The number of ether oxygens (including phenoxy) is 2. The maximum absolute atomic E-state index is 12.0. The van der Waals surface area contributed by atoms with Crippen molar-refractivity contribution < 1.29 is 18.7 Å². The van der Waals surface area contributed by atoms with Crippen molar-refractivity contribution in [2.45, 2.75) is 33.4 Å². The van der Waals surface area contributed by atoms with E-state index >= 15 is 0 Å². The summed E-state index contributed by atoms with van der Waals surface area (Å²) in [4.78, 5) is 14.5. The van der Waals surface area contributed by atoms with Gasteiger partial charge in [0.15, 0.2) is 0 Å². The summed E-state index contributed by atoms with van der Waals surface area (Å²) in [6.45, 7) is 6.84. The molecule has 2 aromatic rings. The molecule has 0 saturated carbocycles. The molecule has 0 radical (unpaired) electrons. The summed E-state index contributed by atoms with van der Waals surface area (Å²) in [6, 6.07) is 7.55. The molecule has 0 spiro atoms. The molecule has 1 aromatic heterocycles. The average Bonchev–Trinajstić information content (AvgIpc) is 3.03. The van der Waals surface area contributed by atoms with Crippen LogP contribution in [-0.2, 0) is 16.2 Å². The van der Waals surface area contributed by atoms with Crippen LogP contribution >= 0.6 is 12.2 Å². The third-order valence-corrected chi connectivity index (χ3v) is 4.77. The van der Waals surface area contributed by atoms with Gasteiger partial charge in [-0.25, -0.2) is 4.68 Å². The Balaban J connectivity index is 1.67. The van der Waals surface area contributed by atoms with E-state index in [1.54, 1.807) is 4.68 Å². The quantitative estimate of drug-likeness (QED) is 0.528. The molecule has 0 bridgehead atoms. The van der Waals surface area contributed by atoms with E-state index in [4.69, 9.17) is 26.1 Å². The Kier molecular flexibility index (Phi) is 6.63. The van der Waals surface area contributed by atoms with Gasteiger partial charge in [-0.05, 0) is 69.7 Å². The summed E-state index contributed by atoms with van der Waals surface area (Å²) >= 11 is 5.32. The first-order valence-electron chi connectivity index (χ1n) is 9.30. The molecule has 2 heterocycles. The molecule has 1 fully saturated rings. The molecule has 1 atom stereocenters. The number of piperidine rings is 1. The Hall–Kier alpha value is -2.19. The molecule has 1 aliphatic rings. The van der Waals surface area contributed by atoms with Crippen molar-refractivity contribution in [3.8, 4) is 17.2 Å². The maximum Gasteiger partial charge on any atom is 0.310 e. The number of carbonyl (C=O) groups excluding carboxylic acids is 1. The summed E-state index contributed by atoms with van der Waals surface area (Å²) in [5.74, 6) is 1.06. The van der Waals surface area contributed by atoms with E-state index in [-0.39, 0.29) is 11.9 Å². The molecule has 0 N–H and O–H groups in total. The van der Waals surface area contributed by atoms with Gasteiger partial charge in [-0.3, -0.25) is 9.69 Å². The largest absolute Gasteiger partial charge is 0.494 e. The van der Waals surface area contributed by atoms with Crippen LogP contribution in [0.5, 0.6) is 5.75 Å². The first kappa shape index (κ1) is 19.6. The van der Waals surface area contributed by atoms with Crippen LogP contribution in [0.2, 0.25) is 0 Å². The Morgan fingerprint density at radius 3 is 2.78 bits per heavy atom. The van der Waals surface area contributed by atoms with Crippen molar-refractivity contribution in [2.75, 3.05) is 26.3 Å². The van der Waals surface area contributed by atoms with Crippen LogP contribution < -0.4 is 4.74 Å². The summed E-state index contributed by atoms with van der Waals surface area (Å²) in [5, 5.41) is 4.50. The van der Waals surface area contributed by atoms with Crippen molar-refractivity contribution in [1.29, 1.82) is 0 Å². The van der Waals surface area contributed by atoms with Crippen LogP contribution in [-0.4, -0.2) is 47.0 Å². The SMILES string of the molecule is CCOC(=O)[C@H]1CCCN(Cn2nc(-c3ccc(OCC)cc3)oc2=S)C1. The number of likely N-dealkylation sites (tertiary alicyclic amines) is 1. The van der Waals surface area contributed by atoms with Crippen LogP contribution in [0.3, 0.4) is 0 Å². The number of hydrogen-bond donors (Lipinski definition) is 0. The number of hydrogen-bond acceptors (Lipinski definition) is 7.